The first-order chi connectivity index (χ1) is 10.6. The number of anilines is 1. The maximum Gasteiger partial charge on any atom is 0.205 e. The molecule has 0 N–H and O–H groups in total. The van der Waals surface area contributed by atoms with E-state index in [-0.39, 0.29) is 5.60 Å². The molecule has 1 unspecified atom stereocenters. The van der Waals surface area contributed by atoms with E-state index in [0.29, 0.717) is 12.5 Å². The van der Waals surface area contributed by atoms with E-state index in [9.17, 15) is 0 Å². The normalized spacial score (nSPS) is 22.3. The summed E-state index contributed by atoms with van der Waals surface area (Å²) in [5, 5.41) is 1.01. The molecule has 0 spiro atoms. The van der Waals surface area contributed by atoms with Crippen LogP contribution < -0.4 is 4.90 Å². The fourth-order valence-corrected chi connectivity index (χ4v) is 3.54. The highest BCUT2D eigenvalue weighted by atomic mass is 32.1. The van der Waals surface area contributed by atoms with Crippen molar-refractivity contribution in [1.29, 1.82) is 0 Å². The predicted octanol–water partition coefficient (Wildman–Crippen LogP) is 3.49. The Hall–Kier alpha value is -1.46. The molecule has 2 heterocycles. The van der Waals surface area contributed by atoms with Crippen LogP contribution in [0.2, 0.25) is 0 Å². The number of hydrogen-bond acceptors (Lipinski definition) is 5. The molecule has 118 valence electrons. The average Bonchev–Trinajstić information content (AvgIpc) is 2.96. The van der Waals surface area contributed by atoms with Gasteiger partial charge in [-0.05, 0) is 18.4 Å². The molecule has 3 rings (SSSR count). The molecule has 1 atom stereocenters. The van der Waals surface area contributed by atoms with E-state index in [0.717, 1.165) is 30.5 Å². The lowest BCUT2D eigenvalue weighted by atomic mass is 9.94. The van der Waals surface area contributed by atoms with Gasteiger partial charge in [0.05, 0.1) is 13.2 Å². The van der Waals surface area contributed by atoms with Crippen LogP contribution in [-0.2, 0) is 16.8 Å². The maximum absolute atomic E-state index is 6.09. The second-order valence-corrected chi connectivity index (χ2v) is 7.19. The Bertz CT molecular complexity index is 613. The lowest BCUT2D eigenvalue weighted by Gasteiger charge is -2.40. The Labute approximate surface area is 136 Å². The standard InChI is InChI=1S/C17H23N3OS/c1-13(2)11-15-18-16(22-19-15)20-9-10-21-17(3,12-20)14-7-5-4-6-8-14/h4-8,13H,9-12H2,1-3H3. The first kappa shape index (κ1) is 15.4. The van der Waals surface area contributed by atoms with Gasteiger partial charge in [-0.3, -0.25) is 0 Å². The third kappa shape index (κ3) is 3.31. The van der Waals surface area contributed by atoms with Crippen LogP contribution in [0.15, 0.2) is 30.3 Å². The number of benzene rings is 1. The third-order valence-electron chi connectivity index (χ3n) is 3.98. The molecule has 0 aliphatic carbocycles. The summed E-state index contributed by atoms with van der Waals surface area (Å²) in [6, 6.07) is 10.4. The van der Waals surface area contributed by atoms with Gasteiger partial charge in [-0.15, -0.1) is 0 Å². The van der Waals surface area contributed by atoms with E-state index < -0.39 is 0 Å². The van der Waals surface area contributed by atoms with E-state index in [1.54, 1.807) is 0 Å². The topological polar surface area (TPSA) is 38.2 Å². The summed E-state index contributed by atoms with van der Waals surface area (Å²) >= 11 is 1.50. The fraction of sp³-hybridized carbons (Fsp3) is 0.529. The van der Waals surface area contributed by atoms with Gasteiger partial charge in [-0.1, -0.05) is 44.2 Å². The lowest BCUT2D eigenvalue weighted by Crippen LogP contribution is -2.48. The SMILES string of the molecule is CC(C)Cc1nsc(N2CCOC(C)(c3ccccc3)C2)n1. The molecule has 1 saturated heterocycles. The van der Waals surface area contributed by atoms with E-state index in [1.165, 1.54) is 17.1 Å². The van der Waals surface area contributed by atoms with Crippen LogP contribution in [0, 0.1) is 5.92 Å². The fourth-order valence-electron chi connectivity index (χ4n) is 2.82. The molecule has 1 aliphatic rings. The van der Waals surface area contributed by atoms with Crippen LogP contribution in [0.25, 0.3) is 0 Å². The molecule has 0 amide bonds. The summed E-state index contributed by atoms with van der Waals surface area (Å²) in [4.78, 5) is 7.01. The molecule has 1 fully saturated rings. The van der Waals surface area contributed by atoms with Crippen LogP contribution in [0.3, 0.4) is 0 Å². The number of morpholine rings is 1. The minimum atomic E-state index is -0.288. The monoisotopic (exact) mass is 317 g/mol. The molecule has 1 aliphatic heterocycles. The largest absolute Gasteiger partial charge is 0.367 e. The first-order valence-electron chi connectivity index (χ1n) is 7.84. The van der Waals surface area contributed by atoms with Gasteiger partial charge in [0.2, 0.25) is 5.13 Å². The van der Waals surface area contributed by atoms with Crippen molar-refractivity contribution in [2.45, 2.75) is 32.8 Å². The van der Waals surface area contributed by atoms with Gasteiger partial charge in [-0.2, -0.15) is 4.37 Å². The zero-order chi connectivity index (χ0) is 15.6. The van der Waals surface area contributed by atoms with Gasteiger partial charge < -0.3 is 9.64 Å². The minimum absolute atomic E-state index is 0.288. The van der Waals surface area contributed by atoms with Gasteiger partial charge >= 0.3 is 0 Å². The zero-order valence-electron chi connectivity index (χ0n) is 13.5. The third-order valence-corrected chi connectivity index (χ3v) is 4.79. The number of hydrogen-bond donors (Lipinski definition) is 0. The summed E-state index contributed by atoms with van der Waals surface area (Å²) < 4.78 is 10.6. The number of ether oxygens (including phenoxy) is 1. The van der Waals surface area contributed by atoms with Gasteiger partial charge in [0.25, 0.3) is 0 Å². The molecule has 0 saturated carbocycles. The predicted molar refractivity (Wildman–Crippen MR) is 90.4 cm³/mol. The quantitative estimate of drug-likeness (QED) is 0.865. The van der Waals surface area contributed by atoms with E-state index in [2.05, 4.69) is 54.3 Å². The Morgan fingerprint density at radius 1 is 1.32 bits per heavy atom. The molecule has 1 aromatic heterocycles. The first-order valence-corrected chi connectivity index (χ1v) is 8.61. The number of aromatic nitrogens is 2. The number of rotatable bonds is 4. The summed E-state index contributed by atoms with van der Waals surface area (Å²) in [5.41, 5.74) is 0.926. The van der Waals surface area contributed by atoms with E-state index >= 15 is 0 Å². The van der Waals surface area contributed by atoms with Crippen molar-refractivity contribution >= 4 is 16.7 Å². The van der Waals surface area contributed by atoms with Crippen LogP contribution in [0.1, 0.15) is 32.2 Å². The lowest BCUT2D eigenvalue weighted by molar-refractivity contribution is -0.0466. The molecule has 4 nitrogen and oxygen atoms in total. The van der Waals surface area contributed by atoms with Gasteiger partial charge in [-0.25, -0.2) is 4.98 Å². The highest BCUT2D eigenvalue weighted by Crippen LogP contribution is 2.32. The van der Waals surface area contributed by atoms with Crippen molar-refractivity contribution in [3.63, 3.8) is 0 Å². The molecule has 5 heteroatoms. The smallest absolute Gasteiger partial charge is 0.205 e. The van der Waals surface area contributed by atoms with Gasteiger partial charge in [0, 0.05) is 24.5 Å². The molecule has 2 aromatic rings. The minimum Gasteiger partial charge on any atom is -0.367 e. The summed E-state index contributed by atoms with van der Waals surface area (Å²) in [5.74, 6) is 1.55. The second kappa shape index (κ2) is 6.34. The molecule has 22 heavy (non-hydrogen) atoms. The summed E-state index contributed by atoms with van der Waals surface area (Å²) in [6.07, 6.45) is 0.941. The average molecular weight is 317 g/mol. The molecule has 0 radical (unpaired) electrons. The Balaban J connectivity index is 1.77. The Morgan fingerprint density at radius 2 is 2.09 bits per heavy atom. The summed E-state index contributed by atoms with van der Waals surface area (Å²) in [7, 11) is 0. The number of nitrogens with zero attached hydrogens (tertiary/aromatic N) is 3. The highest BCUT2D eigenvalue weighted by molar-refractivity contribution is 7.09. The van der Waals surface area contributed by atoms with Crippen molar-refractivity contribution in [1.82, 2.24) is 9.36 Å². The van der Waals surface area contributed by atoms with Crippen LogP contribution in [-0.4, -0.2) is 29.1 Å². The molecular weight excluding hydrogens is 294 g/mol. The Kier molecular flexibility index (Phi) is 4.45. The van der Waals surface area contributed by atoms with Gasteiger partial charge in [0.15, 0.2) is 0 Å². The van der Waals surface area contributed by atoms with Crippen molar-refractivity contribution in [3.8, 4) is 0 Å². The van der Waals surface area contributed by atoms with Crippen LogP contribution in [0.4, 0.5) is 5.13 Å². The molecule has 0 bridgehead atoms. The molecular formula is C17H23N3OS. The van der Waals surface area contributed by atoms with E-state index in [1.807, 2.05) is 6.07 Å². The molecule has 1 aromatic carbocycles. The van der Waals surface area contributed by atoms with Crippen LogP contribution >= 0.6 is 11.5 Å². The summed E-state index contributed by atoms with van der Waals surface area (Å²) in [6.45, 7) is 8.95. The van der Waals surface area contributed by atoms with Crippen molar-refractivity contribution < 1.29 is 4.74 Å². The van der Waals surface area contributed by atoms with E-state index in [4.69, 9.17) is 9.72 Å². The second-order valence-electron chi connectivity index (χ2n) is 6.46. The maximum atomic E-state index is 6.09. The zero-order valence-corrected chi connectivity index (χ0v) is 14.3. The highest BCUT2D eigenvalue weighted by Gasteiger charge is 2.34. The van der Waals surface area contributed by atoms with Crippen molar-refractivity contribution in [3.05, 3.63) is 41.7 Å². The van der Waals surface area contributed by atoms with Crippen molar-refractivity contribution in [2.24, 2.45) is 5.92 Å². The van der Waals surface area contributed by atoms with Crippen molar-refractivity contribution in [2.75, 3.05) is 24.6 Å². The Morgan fingerprint density at radius 3 is 2.82 bits per heavy atom. The van der Waals surface area contributed by atoms with Gasteiger partial charge in [0.1, 0.15) is 11.4 Å². The van der Waals surface area contributed by atoms with Crippen LogP contribution in [0.5, 0.6) is 0 Å².